The lowest BCUT2D eigenvalue weighted by molar-refractivity contribution is 0.107. The molecule has 0 unspecified atom stereocenters. The van der Waals surface area contributed by atoms with Crippen molar-refractivity contribution >= 4 is 5.84 Å². The Balaban J connectivity index is 1.53. The minimum atomic E-state index is 0.263. The fourth-order valence-electron chi connectivity index (χ4n) is 2.74. The molecule has 2 heterocycles. The number of rotatable bonds is 7. The molecule has 2 aromatic heterocycles. The number of ether oxygens (including phenoxy) is 1. The largest absolute Gasteiger partial charge is 0.490 e. The number of hydrogen-bond acceptors (Lipinski definition) is 5. The molecule has 0 bridgehead atoms. The zero-order chi connectivity index (χ0) is 20.1. The topological polar surface area (TPSA) is 87.5 Å². The highest BCUT2D eigenvalue weighted by molar-refractivity contribution is 5.96. The normalized spacial score (nSPS) is 11.5. The molecule has 2 N–H and O–H groups in total. The van der Waals surface area contributed by atoms with Crippen LogP contribution in [-0.2, 0) is 4.84 Å². The summed E-state index contributed by atoms with van der Waals surface area (Å²) in [5.41, 5.74) is 10.9. The van der Waals surface area contributed by atoms with Gasteiger partial charge in [0, 0.05) is 17.5 Å². The van der Waals surface area contributed by atoms with Gasteiger partial charge in [0.1, 0.15) is 12.4 Å². The highest BCUT2D eigenvalue weighted by Gasteiger charge is 2.06. The molecule has 0 fully saturated rings. The van der Waals surface area contributed by atoms with Crippen molar-refractivity contribution in [1.82, 2.24) is 14.8 Å². The fourth-order valence-corrected chi connectivity index (χ4v) is 2.74. The first-order valence-electron chi connectivity index (χ1n) is 9.09. The van der Waals surface area contributed by atoms with E-state index in [4.69, 9.17) is 15.3 Å². The summed E-state index contributed by atoms with van der Waals surface area (Å²) in [6, 6.07) is 11.8. The summed E-state index contributed by atoms with van der Waals surface area (Å²) in [7, 11) is 0. The zero-order valence-electron chi connectivity index (χ0n) is 16.6. The number of hydrogen-bond donors (Lipinski definition) is 1. The maximum atomic E-state index is 5.98. The third kappa shape index (κ3) is 4.68. The van der Waals surface area contributed by atoms with Crippen molar-refractivity contribution in [2.24, 2.45) is 10.9 Å². The number of benzene rings is 1. The van der Waals surface area contributed by atoms with E-state index in [1.165, 1.54) is 0 Å². The number of aryl methyl sites for hydroxylation is 4. The van der Waals surface area contributed by atoms with Gasteiger partial charge in [-0.05, 0) is 63.1 Å². The summed E-state index contributed by atoms with van der Waals surface area (Å²) < 4.78 is 7.51. The predicted molar refractivity (Wildman–Crippen MR) is 109 cm³/mol. The molecule has 0 amide bonds. The van der Waals surface area contributed by atoms with Gasteiger partial charge in [0.05, 0.1) is 5.69 Å². The Morgan fingerprint density at radius 1 is 1.07 bits per heavy atom. The number of amidine groups is 1. The summed E-state index contributed by atoms with van der Waals surface area (Å²) in [4.78, 5) is 9.68. The molecular formula is C21H25N5O2. The molecule has 3 aromatic rings. The molecule has 0 atom stereocenters. The summed E-state index contributed by atoms with van der Waals surface area (Å²) in [5.74, 6) is 1.84. The molecule has 28 heavy (non-hydrogen) atoms. The average Bonchev–Trinajstić information content (AvgIpc) is 3.02. The second kappa shape index (κ2) is 8.56. The molecule has 0 aliphatic carbocycles. The molecule has 0 radical (unpaired) electrons. The summed E-state index contributed by atoms with van der Waals surface area (Å²) in [5, 5.41) is 8.36. The molecular weight excluding hydrogens is 354 g/mol. The Hall–Kier alpha value is -3.35. The van der Waals surface area contributed by atoms with Gasteiger partial charge in [-0.25, -0.2) is 9.67 Å². The monoisotopic (exact) mass is 379 g/mol. The van der Waals surface area contributed by atoms with Crippen LogP contribution in [0, 0.1) is 27.7 Å². The SMILES string of the molecule is Cc1ccc(C)c(OCCO/N=C(\N)c2ccc(-n3nc(C)cc3C)nc2)c1. The van der Waals surface area contributed by atoms with E-state index in [-0.39, 0.29) is 5.84 Å². The van der Waals surface area contributed by atoms with Crippen LogP contribution in [0.25, 0.3) is 5.82 Å². The van der Waals surface area contributed by atoms with Crippen LogP contribution < -0.4 is 10.5 Å². The highest BCUT2D eigenvalue weighted by atomic mass is 16.6. The second-order valence-electron chi connectivity index (χ2n) is 6.67. The van der Waals surface area contributed by atoms with Gasteiger partial charge < -0.3 is 15.3 Å². The second-order valence-corrected chi connectivity index (χ2v) is 6.67. The number of nitrogens with two attached hydrogens (primary N) is 1. The van der Waals surface area contributed by atoms with E-state index in [2.05, 4.69) is 21.3 Å². The Morgan fingerprint density at radius 3 is 2.57 bits per heavy atom. The molecule has 0 aliphatic rings. The van der Waals surface area contributed by atoms with Crippen LogP contribution in [0.4, 0.5) is 0 Å². The average molecular weight is 379 g/mol. The van der Waals surface area contributed by atoms with Gasteiger partial charge >= 0.3 is 0 Å². The van der Waals surface area contributed by atoms with Crippen molar-refractivity contribution in [3.05, 3.63) is 70.7 Å². The van der Waals surface area contributed by atoms with Gasteiger partial charge in [0.2, 0.25) is 0 Å². The number of pyridine rings is 1. The zero-order valence-corrected chi connectivity index (χ0v) is 16.6. The van der Waals surface area contributed by atoms with E-state index in [0.29, 0.717) is 18.8 Å². The van der Waals surface area contributed by atoms with Crippen molar-refractivity contribution < 1.29 is 9.57 Å². The maximum absolute atomic E-state index is 5.98. The number of nitrogens with zero attached hydrogens (tertiary/aromatic N) is 4. The molecule has 3 rings (SSSR count). The smallest absolute Gasteiger partial charge is 0.171 e. The van der Waals surface area contributed by atoms with Crippen molar-refractivity contribution in [3.8, 4) is 11.6 Å². The lowest BCUT2D eigenvalue weighted by Crippen LogP contribution is -2.16. The third-order valence-corrected chi connectivity index (χ3v) is 4.21. The van der Waals surface area contributed by atoms with Crippen LogP contribution >= 0.6 is 0 Å². The third-order valence-electron chi connectivity index (χ3n) is 4.21. The molecule has 7 nitrogen and oxygen atoms in total. The Morgan fingerprint density at radius 2 is 1.89 bits per heavy atom. The van der Waals surface area contributed by atoms with Crippen molar-refractivity contribution in [2.75, 3.05) is 13.2 Å². The first-order chi connectivity index (χ1) is 13.4. The molecule has 0 aliphatic heterocycles. The van der Waals surface area contributed by atoms with Gasteiger partial charge in [-0.2, -0.15) is 5.10 Å². The standard InChI is InChI=1S/C21H25N5O2/c1-14-5-6-15(2)19(11-14)27-9-10-28-25-21(22)18-7-8-20(23-13-18)26-17(4)12-16(3)24-26/h5-8,11-13H,9-10H2,1-4H3,(H2,22,25). The van der Waals surface area contributed by atoms with E-state index >= 15 is 0 Å². The summed E-state index contributed by atoms with van der Waals surface area (Å²) in [6.07, 6.45) is 1.65. The predicted octanol–water partition coefficient (Wildman–Crippen LogP) is 3.22. The first kappa shape index (κ1) is 19.4. The van der Waals surface area contributed by atoms with Crippen LogP contribution in [0.1, 0.15) is 28.1 Å². The minimum absolute atomic E-state index is 0.263. The van der Waals surface area contributed by atoms with E-state index < -0.39 is 0 Å². The van der Waals surface area contributed by atoms with E-state index in [9.17, 15) is 0 Å². The van der Waals surface area contributed by atoms with E-state index in [1.807, 2.05) is 58.0 Å². The molecule has 0 saturated heterocycles. The van der Waals surface area contributed by atoms with Gasteiger partial charge in [0.15, 0.2) is 18.3 Å². The first-order valence-corrected chi connectivity index (χ1v) is 9.09. The van der Waals surface area contributed by atoms with Crippen LogP contribution in [0.3, 0.4) is 0 Å². The maximum Gasteiger partial charge on any atom is 0.171 e. The van der Waals surface area contributed by atoms with Crippen LogP contribution in [0.15, 0.2) is 47.8 Å². The molecule has 0 saturated carbocycles. The van der Waals surface area contributed by atoms with Gasteiger partial charge in [-0.15, -0.1) is 0 Å². The van der Waals surface area contributed by atoms with Crippen molar-refractivity contribution in [3.63, 3.8) is 0 Å². The number of oxime groups is 1. The fraction of sp³-hybridized carbons (Fsp3) is 0.286. The summed E-state index contributed by atoms with van der Waals surface area (Å²) in [6.45, 7) is 8.65. The Kier molecular flexibility index (Phi) is 5.93. The quantitative estimate of drug-likeness (QED) is 0.295. The molecule has 1 aromatic carbocycles. The lowest BCUT2D eigenvalue weighted by atomic mass is 10.1. The van der Waals surface area contributed by atoms with Crippen LogP contribution in [0.2, 0.25) is 0 Å². The van der Waals surface area contributed by atoms with E-state index in [1.54, 1.807) is 10.9 Å². The van der Waals surface area contributed by atoms with Crippen LogP contribution in [0.5, 0.6) is 5.75 Å². The van der Waals surface area contributed by atoms with E-state index in [0.717, 1.165) is 34.1 Å². The van der Waals surface area contributed by atoms with Crippen molar-refractivity contribution in [1.29, 1.82) is 0 Å². The lowest BCUT2D eigenvalue weighted by Gasteiger charge is -2.09. The molecule has 0 spiro atoms. The van der Waals surface area contributed by atoms with Gasteiger partial charge in [-0.3, -0.25) is 0 Å². The van der Waals surface area contributed by atoms with Crippen molar-refractivity contribution in [2.45, 2.75) is 27.7 Å². The Bertz CT molecular complexity index is 977. The number of aromatic nitrogens is 3. The Labute approximate surface area is 164 Å². The summed E-state index contributed by atoms with van der Waals surface area (Å²) >= 11 is 0. The highest BCUT2D eigenvalue weighted by Crippen LogP contribution is 2.18. The van der Waals surface area contributed by atoms with Gasteiger partial charge in [-0.1, -0.05) is 17.3 Å². The van der Waals surface area contributed by atoms with Gasteiger partial charge in [0.25, 0.3) is 0 Å². The minimum Gasteiger partial charge on any atom is -0.490 e. The molecule has 7 heteroatoms. The van der Waals surface area contributed by atoms with Crippen LogP contribution in [-0.4, -0.2) is 33.8 Å². The molecule has 146 valence electrons.